The molecule has 5 nitrogen and oxygen atoms in total. The molecule has 4 unspecified atom stereocenters. The summed E-state index contributed by atoms with van der Waals surface area (Å²) in [7, 11) is 0. The lowest BCUT2D eigenvalue weighted by molar-refractivity contribution is -0.163. The summed E-state index contributed by atoms with van der Waals surface area (Å²) >= 11 is 0. The first-order chi connectivity index (χ1) is 9.73. The topological polar surface area (TPSA) is 78.4 Å². The van der Waals surface area contributed by atoms with E-state index in [4.69, 9.17) is 0 Å². The molecular formula is C13H17F3N2O3. The largest absolute Gasteiger partial charge is 0.481 e. The van der Waals surface area contributed by atoms with E-state index in [9.17, 15) is 27.9 Å². The van der Waals surface area contributed by atoms with Crippen molar-refractivity contribution >= 4 is 12.0 Å². The van der Waals surface area contributed by atoms with Crippen molar-refractivity contribution in [3.8, 4) is 0 Å². The van der Waals surface area contributed by atoms with Gasteiger partial charge >= 0.3 is 18.2 Å². The minimum absolute atomic E-state index is 0.0234. The zero-order valence-corrected chi connectivity index (χ0v) is 11.2. The summed E-state index contributed by atoms with van der Waals surface area (Å²) in [5.74, 6) is -1.59. The first-order valence-corrected chi connectivity index (χ1v) is 7.12. The number of nitrogens with one attached hydrogen (secondary N) is 2. The molecule has 3 aliphatic rings. The molecule has 3 N–H and O–H groups in total. The van der Waals surface area contributed by atoms with Gasteiger partial charge in [0.05, 0.1) is 5.92 Å². The fourth-order valence-electron chi connectivity index (χ4n) is 3.86. The molecule has 0 aliphatic heterocycles. The number of rotatable bonds is 3. The third kappa shape index (κ3) is 2.34. The van der Waals surface area contributed by atoms with Gasteiger partial charge in [-0.3, -0.25) is 4.79 Å². The van der Waals surface area contributed by atoms with Gasteiger partial charge in [-0.05, 0) is 43.9 Å². The van der Waals surface area contributed by atoms with Gasteiger partial charge in [0.2, 0.25) is 0 Å². The summed E-state index contributed by atoms with van der Waals surface area (Å²) in [6.45, 7) is 0. The monoisotopic (exact) mass is 306 g/mol. The van der Waals surface area contributed by atoms with E-state index in [0.717, 1.165) is 19.3 Å². The van der Waals surface area contributed by atoms with Crippen molar-refractivity contribution in [1.82, 2.24) is 10.6 Å². The van der Waals surface area contributed by atoms with E-state index in [1.807, 2.05) is 5.32 Å². The first-order valence-electron chi connectivity index (χ1n) is 7.12. The van der Waals surface area contributed by atoms with Crippen molar-refractivity contribution in [2.75, 3.05) is 0 Å². The number of aliphatic carboxylic acids is 1. The highest BCUT2D eigenvalue weighted by atomic mass is 19.4. The predicted octanol–water partition coefficient (Wildman–Crippen LogP) is 1.88. The summed E-state index contributed by atoms with van der Waals surface area (Å²) in [6.07, 6.45) is -2.35. The van der Waals surface area contributed by atoms with Crippen molar-refractivity contribution in [2.45, 2.75) is 49.9 Å². The van der Waals surface area contributed by atoms with Crippen LogP contribution in [0, 0.1) is 17.8 Å². The van der Waals surface area contributed by atoms with Crippen LogP contribution in [0.4, 0.5) is 18.0 Å². The quantitative estimate of drug-likeness (QED) is 0.745. The van der Waals surface area contributed by atoms with E-state index in [2.05, 4.69) is 5.32 Å². The molecule has 0 saturated heterocycles. The van der Waals surface area contributed by atoms with Gasteiger partial charge in [-0.1, -0.05) is 0 Å². The first kappa shape index (κ1) is 14.5. The number of alkyl halides is 3. The van der Waals surface area contributed by atoms with Gasteiger partial charge in [-0.2, -0.15) is 13.2 Å². The highest BCUT2D eigenvalue weighted by Gasteiger charge is 2.64. The molecule has 0 aromatic carbocycles. The Balaban J connectivity index is 1.64. The maximum absolute atomic E-state index is 12.8. The van der Waals surface area contributed by atoms with Crippen molar-refractivity contribution in [3.05, 3.63) is 0 Å². The second-order valence-corrected chi connectivity index (χ2v) is 6.40. The van der Waals surface area contributed by atoms with Gasteiger partial charge in [-0.25, -0.2) is 4.79 Å². The van der Waals surface area contributed by atoms with Crippen molar-refractivity contribution in [1.29, 1.82) is 0 Å². The molecule has 8 heteroatoms. The molecule has 118 valence electrons. The SMILES string of the molecule is O=C(NC1C2CCC(C2)C1C(=O)O)NC1(C(F)(F)F)CC1. The number of carboxylic acids is 1. The number of urea groups is 1. The molecule has 0 spiro atoms. The highest BCUT2D eigenvalue weighted by Crippen LogP contribution is 2.50. The fourth-order valence-corrected chi connectivity index (χ4v) is 3.86. The molecule has 0 radical (unpaired) electrons. The van der Waals surface area contributed by atoms with E-state index >= 15 is 0 Å². The Hall–Kier alpha value is -1.47. The minimum atomic E-state index is -4.47. The lowest BCUT2D eigenvalue weighted by Crippen LogP contribution is -2.56. The van der Waals surface area contributed by atoms with Gasteiger partial charge in [0.1, 0.15) is 5.54 Å². The average Bonchev–Trinajstić information content (AvgIpc) is 2.88. The smallest absolute Gasteiger partial charge is 0.411 e. The van der Waals surface area contributed by atoms with Crippen LogP contribution in [-0.4, -0.2) is 34.9 Å². The summed E-state index contributed by atoms with van der Waals surface area (Å²) < 4.78 is 38.4. The molecule has 3 aliphatic carbocycles. The third-order valence-electron chi connectivity index (χ3n) is 5.14. The molecule has 21 heavy (non-hydrogen) atoms. The summed E-state index contributed by atoms with van der Waals surface area (Å²) in [6, 6.07) is -1.47. The molecular weight excluding hydrogens is 289 g/mol. The van der Waals surface area contributed by atoms with Gasteiger partial charge < -0.3 is 15.7 Å². The van der Waals surface area contributed by atoms with E-state index in [1.54, 1.807) is 0 Å². The van der Waals surface area contributed by atoms with Crippen molar-refractivity contribution in [2.24, 2.45) is 17.8 Å². The van der Waals surface area contributed by atoms with E-state index in [0.29, 0.717) is 0 Å². The predicted molar refractivity (Wildman–Crippen MR) is 65.4 cm³/mol. The fraction of sp³-hybridized carbons (Fsp3) is 0.846. The van der Waals surface area contributed by atoms with E-state index < -0.39 is 35.7 Å². The van der Waals surface area contributed by atoms with E-state index in [-0.39, 0.29) is 24.7 Å². The zero-order valence-electron chi connectivity index (χ0n) is 11.2. The molecule has 0 aromatic rings. The van der Waals surface area contributed by atoms with Crippen LogP contribution >= 0.6 is 0 Å². The Labute approximate surface area is 119 Å². The van der Waals surface area contributed by atoms with Crippen LogP contribution in [0.3, 0.4) is 0 Å². The minimum Gasteiger partial charge on any atom is -0.481 e. The maximum atomic E-state index is 12.8. The Morgan fingerprint density at radius 2 is 1.76 bits per heavy atom. The van der Waals surface area contributed by atoms with E-state index in [1.165, 1.54) is 0 Å². The molecule has 3 fully saturated rings. The van der Waals surface area contributed by atoms with Gasteiger partial charge in [-0.15, -0.1) is 0 Å². The molecule has 3 saturated carbocycles. The average molecular weight is 306 g/mol. The number of amides is 2. The molecule has 4 atom stereocenters. The molecule has 2 bridgehead atoms. The van der Waals surface area contributed by atoms with Crippen LogP contribution in [0.15, 0.2) is 0 Å². The summed E-state index contributed by atoms with van der Waals surface area (Å²) in [4.78, 5) is 23.1. The van der Waals surface area contributed by atoms with Crippen molar-refractivity contribution < 1.29 is 27.9 Å². The van der Waals surface area contributed by atoms with Crippen LogP contribution in [0.5, 0.6) is 0 Å². The van der Waals surface area contributed by atoms with Gasteiger partial charge in [0, 0.05) is 6.04 Å². The second kappa shape index (κ2) is 4.51. The zero-order chi connectivity index (χ0) is 15.4. The van der Waals surface area contributed by atoms with Crippen LogP contribution < -0.4 is 10.6 Å². The third-order valence-corrected chi connectivity index (χ3v) is 5.14. The van der Waals surface area contributed by atoms with Crippen LogP contribution in [0.1, 0.15) is 32.1 Å². The normalized spacial score (nSPS) is 36.3. The number of hydrogen-bond donors (Lipinski definition) is 3. The Kier molecular flexibility index (Phi) is 3.11. The van der Waals surface area contributed by atoms with Crippen LogP contribution in [0.2, 0.25) is 0 Å². The molecule has 2 amide bonds. The number of halogens is 3. The molecule has 0 aromatic heterocycles. The van der Waals surface area contributed by atoms with Gasteiger partial charge in [0.25, 0.3) is 0 Å². The lowest BCUT2D eigenvalue weighted by Gasteiger charge is -2.30. The maximum Gasteiger partial charge on any atom is 0.411 e. The lowest BCUT2D eigenvalue weighted by atomic mass is 9.84. The second-order valence-electron chi connectivity index (χ2n) is 6.40. The van der Waals surface area contributed by atoms with Crippen molar-refractivity contribution in [3.63, 3.8) is 0 Å². The number of fused-ring (bicyclic) bond motifs is 2. The number of hydrogen-bond acceptors (Lipinski definition) is 2. The number of carbonyl (C=O) groups is 2. The van der Waals surface area contributed by atoms with Crippen LogP contribution in [-0.2, 0) is 4.79 Å². The summed E-state index contributed by atoms with van der Waals surface area (Å²) in [5.41, 5.74) is -2.12. The Morgan fingerprint density at radius 3 is 2.29 bits per heavy atom. The Morgan fingerprint density at radius 1 is 1.14 bits per heavy atom. The standard InChI is InChI=1S/C13H17F3N2O3/c14-13(15,16)12(3-4-12)18-11(21)17-9-7-2-1-6(5-7)8(9)10(19)20/h6-9H,1-5H2,(H,19,20)(H2,17,18,21). The Bertz CT molecular complexity index is 476. The number of carbonyl (C=O) groups excluding carboxylic acids is 1. The van der Waals surface area contributed by atoms with Crippen LogP contribution in [0.25, 0.3) is 0 Å². The summed E-state index contributed by atoms with van der Waals surface area (Å²) in [5, 5.41) is 13.7. The molecule has 3 rings (SSSR count). The highest BCUT2D eigenvalue weighted by molar-refractivity contribution is 5.78. The number of carboxylic acid groups (broad SMARTS) is 1. The van der Waals surface area contributed by atoms with Gasteiger partial charge in [0.15, 0.2) is 0 Å². The molecule has 0 heterocycles.